The van der Waals surface area contributed by atoms with E-state index in [-0.39, 0.29) is 6.10 Å². The number of nitriles is 1. The zero-order valence-electron chi connectivity index (χ0n) is 9.59. The van der Waals surface area contributed by atoms with Crippen molar-refractivity contribution in [2.45, 2.75) is 64.4 Å². The predicted molar refractivity (Wildman–Crippen MR) is 59.0 cm³/mol. The standard InChI is InChI=1S/C12H23NO/c1-3-4-5-6-7-8-9-10-12(11-13)14-2/h12H,3-10H2,1-2H3. The first-order valence-corrected chi connectivity index (χ1v) is 5.77. The molecule has 0 aliphatic carbocycles. The van der Waals surface area contributed by atoms with Crippen LogP contribution in [0.5, 0.6) is 0 Å². The highest BCUT2D eigenvalue weighted by molar-refractivity contribution is 4.82. The Kier molecular flexibility index (Phi) is 10.1. The molecule has 0 rings (SSSR count). The van der Waals surface area contributed by atoms with Crippen molar-refractivity contribution in [3.8, 4) is 6.07 Å². The van der Waals surface area contributed by atoms with E-state index in [0.717, 1.165) is 12.8 Å². The van der Waals surface area contributed by atoms with E-state index in [1.807, 2.05) is 0 Å². The zero-order chi connectivity index (χ0) is 10.6. The lowest BCUT2D eigenvalue weighted by atomic mass is 10.1. The molecule has 2 nitrogen and oxygen atoms in total. The summed E-state index contributed by atoms with van der Waals surface area (Å²) in [5.74, 6) is 0. The minimum absolute atomic E-state index is 0.189. The van der Waals surface area contributed by atoms with Gasteiger partial charge in [-0.15, -0.1) is 0 Å². The SMILES string of the molecule is CCCCCCCCCC(C#N)OC. The highest BCUT2D eigenvalue weighted by Crippen LogP contribution is 2.10. The van der Waals surface area contributed by atoms with Crippen molar-refractivity contribution in [3.05, 3.63) is 0 Å². The smallest absolute Gasteiger partial charge is 0.143 e. The second-order valence-corrected chi connectivity index (χ2v) is 3.76. The summed E-state index contributed by atoms with van der Waals surface area (Å²) in [6.45, 7) is 2.23. The van der Waals surface area contributed by atoms with E-state index in [9.17, 15) is 0 Å². The van der Waals surface area contributed by atoms with Crippen molar-refractivity contribution in [1.29, 1.82) is 5.26 Å². The predicted octanol–water partition coefficient (Wildman–Crippen LogP) is 3.67. The molecule has 14 heavy (non-hydrogen) atoms. The van der Waals surface area contributed by atoms with Crippen molar-refractivity contribution in [2.75, 3.05) is 7.11 Å². The van der Waals surface area contributed by atoms with Crippen LogP contribution in [0.4, 0.5) is 0 Å². The van der Waals surface area contributed by atoms with Gasteiger partial charge in [0.2, 0.25) is 0 Å². The molecule has 1 atom stereocenters. The fourth-order valence-corrected chi connectivity index (χ4v) is 1.52. The van der Waals surface area contributed by atoms with Crippen LogP contribution < -0.4 is 0 Å². The first kappa shape index (κ1) is 13.4. The Hall–Kier alpha value is -0.550. The minimum atomic E-state index is -0.189. The molecule has 0 aromatic heterocycles. The van der Waals surface area contributed by atoms with Gasteiger partial charge in [0.25, 0.3) is 0 Å². The monoisotopic (exact) mass is 197 g/mol. The topological polar surface area (TPSA) is 33.0 Å². The molecule has 0 spiro atoms. The molecule has 0 saturated heterocycles. The molecule has 0 aromatic rings. The lowest BCUT2D eigenvalue weighted by molar-refractivity contribution is 0.136. The van der Waals surface area contributed by atoms with Crippen LogP contribution in [-0.2, 0) is 4.74 Å². The molecule has 2 heteroatoms. The van der Waals surface area contributed by atoms with E-state index in [1.54, 1.807) is 7.11 Å². The number of hydrogen-bond donors (Lipinski definition) is 0. The van der Waals surface area contributed by atoms with Crippen LogP contribution in [0.15, 0.2) is 0 Å². The maximum Gasteiger partial charge on any atom is 0.143 e. The van der Waals surface area contributed by atoms with Crippen LogP contribution in [0.2, 0.25) is 0 Å². The van der Waals surface area contributed by atoms with Gasteiger partial charge in [-0.1, -0.05) is 45.4 Å². The Labute approximate surface area is 88.3 Å². The number of hydrogen-bond acceptors (Lipinski definition) is 2. The molecule has 0 saturated carbocycles. The molecular weight excluding hydrogens is 174 g/mol. The summed E-state index contributed by atoms with van der Waals surface area (Å²) in [5, 5.41) is 8.62. The Morgan fingerprint density at radius 3 is 2.14 bits per heavy atom. The average Bonchev–Trinajstić information content (AvgIpc) is 2.22. The van der Waals surface area contributed by atoms with Crippen LogP contribution in [0.3, 0.4) is 0 Å². The number of rotatable bonds is 9. The Bertz CT molecular complexity index is 151. The first-order chi connectivity index (χ1) is 6.85. The summed E-state index contributed by atoms with van der Waals surface area (Å²) < 4.78 is 4.98. The highest BCUT2D eigenvalue weighted by atomic mass is 16.5. The summed E-state index contributed by atoms with van der Waals surface area (Å²) in [7, 11) is 1.61. The number of ether oxygens (including phenoxy) is 1. The summed E-state index contributed by atoms with van der Waals surface area (Å²) in [6.07, 6.45) is 9.75. The Balaban J connectivity index is 3.09. The molecule has 0 fully saturated rings. The maximum atomic E-state index is 8.62. The van der Waals surface area contributed by atoms with Gasteiger partial charge in [-0.2, -0.15) is 5.26 Å². The summed E-state index contributed by atoms with van der Waals surface area (Å²) in [4.78, 5) is 0. The van der Waals surface area contributed by atoms with Gasteiger partial charge in [0.1, 0.15) is 6.10 Å². The van der Waals surface area contributed by atoms with E-state index in [0.29, 0.717) is 0 Å². The van der Waals surface area contributed by atoms with Gasteiger partial charge in [-0.05, 0) is 12.8 Å². The number of methoxy groups -OCH3 is 1. The van der Waals surface area contributed by atoms with Crippen LogP contribution in [0, 0.1) is 11.3 Å². The summed E-state index contributed by atoms with van der Waals surface area (Å²) in [5.41, 5.74) is 0. The maximum absolute atomic E-state index is 8.62. The lowest BCUT2D eigenvalue weighted by Gasteiger charge is -2.05. The van der Waals surface area contributed by atoms with Crippen molar-refractivity contribution in [3.63, 3.8) is 0 Å². The fraction of sp³-hybridized carbons (Fsp3) is 0.917. The quantitative estimate of drug-likeness (QED) is 0.528. The van der Waals surface area contributed by atoms with E-state index in [2.05, 4.69) is 13.0 Å². The molecule has 1 unspecified atom stereocenters. The third kappa shape index (κ3) is 8.07. The second kappa shape index (κ2) is 10.5. The van der Waals surface area contributed by atoms with Gasteiger partial charge in [0.05, 0.1) is 6.07 Å². The average molecular weight is 197 g/mol. The largest absolute Gasteiger partial charge is 0.367 e. The fourth-order valence-electron chi connectivity index (χ4n) is 1.52. The third-order valence-corrected chi connectivity index (χ3v) is 2.50. The van der Waals surface area contributed by atoms with Crippen LogP contribution >= 0.6 is 0 Å². The molecule has 0 bridgehead atoms. The summed E-state index contributed by atoms with van der Waals surface area (Å²) in [6, 6.07) is 2.14. The van der Waals surface area contributed by atoms with E-state index < -0.39 is 0 Å². The van der Waals surface area contributed by atoms with Gasteiger partial charge >= 0.3 is 0 Å². The highest BCUT2D eigenvalue weighted by Gasteiger charge is 2.03. The van der Waals surface area contributed by atoms with Crippen molar-refractivity contribution < 1.29 is 4.74 Å². The van der Waals surface area contributed by atoms with Gasteiger partial charge in [-0.3, -0.25) is 0 Å². The zero-order valence-corrected chi connectivity index (χ0v) is 9.59. The molecule has 0 N–H and O–H groups in total. The van der Waals surface area contributed by atoms with Crippen molar-refractivity contribution >= 4 is 0 Å². The molecule has 0 aromatic carbocycles. The van der Waals surface area contributed by atoms with E-state index in [4.69, 9.17) is 10.00 Å². The van der Waals surface area contributed by atoms with E-state index in [1.165, 1.54) is 38.5 Å². The van der Waals surface area contributed by atoms with Crippen LogP contribution in [0.25, 0.3) is 0 Å². The van der Waals surface area contributed by atoms with E-state index >= 15 is 0 Å². The molecule has 82 valence electrons. The van der Waals surface area contributed by atoms with Gasteiger partial charge in [0, 0.05) is 7.11 Å². The summed E-state index contributed by atoms with van der Waals surface area (Å²) >= 11 is 0. The molecule has 0 aliphatic rings. The van der Waals surface area contributed by atoms with Crippen molar-refractivity contribution in [1.82, 2.24) is 0 Å². The molecule has 0 heterocycles. The number of nitrogens with zero attached hydrogens (tertiary/aromatic N) is 1. The molecule has 0 amide bonds. The molecule has 0 aliphatic heterocycles. The number of unbranched alkanes of at least 4 members (excludes halogenated alkanes) is 6. The van der Waals surface area contributed by atoms with Gasteiger partial charge in [0.15, 0.2) is 0 Å². The van der Waals surface area contributed by atoms with Gasteiger partial charge < -0.3 is 4.74 Å². The molecule has 0 radical (unpaired) electrons. The normalized spacial score (nSPS) is 12.4. The first-order valence-electron chi connectivity index (χ1n) is 5.77. The van der Waals surface area contributed by atoms with Crippen LogP contribution in [0.1, 0.15) is 58.3 Å². The van der Waals surface area contributed by atoms with Crippen molar-refractivity contribution in [2.24, 2.45) is 0 Å². The lowest BCUT2D eigenvalue weighted by Crippen LogP contribution is -2.06. The molecular formula is C12H23NO. The third-order valence-electron chi connectivity index (χ3n) is 2.50. The minimum Gasteiger partial charge on any atom is -0.367 e. The Morgan fingerprint density at radius 2 is 1.64 bits per heavy atom. The van der Waals surface area contributed by atoms with Crippen LogP contribution in [-0.4, -0.2) is 13.2 Å². The Morgan fingerprint density at radius 1 is 1.07 bits per heavy atom. The second-order valence-electron chi connectivity index (χ2n) is 3.76. The van der Waals surface area contributed by atoms with Gasteiger partial charge in [-0.25, -0.2) is 0 Å².